The zero-order valence-electron chi connectivity index (χ0n) is 12.1. The van der Waals surface area contributed by atoms with E-state index in [-0.39, 0.29) is 6.61 Å². The van der Waals surface area contributed by atoms with Crippen molar-refractivity contribution in [1.82, 2.24) is 0 Å². The fraction of sp³-hybridized carbons (Fsp3) is 0.125. The third-order valence-electron chi connectivity index (χ3n) is 2.85. The van der Waals surface area contributed by atoms with E-state index in [1.165, 1.54) is 13.2 Å². The molecular weight excluding hydrogens is 339 g/mol. The van der Waals surface area contributed by atoms with E-state index in [9.17, 15) is 4.79 Å². The maximum Gasteiger partial charge on any atom is 0.262 e. The van der Waals surface area contributed by atoms with Gasteiger partial charge in [0.1, 0.15) is 0 Å². The molecule has 7 heteroatoms. The predicted octanol–water partition coefficient (Wildman–Crippen LogP) is 3.89. The van der Waals surface area contributed by atoms with Crippen LogP contribution >= 0.6 is 23.2 Å². The first kappa shape index (κ1) is 16.9. The van der Waals surface area contributed by atoms with Crippen LogP contribution in [0.15, 0.2) is 36.4 Å². The lowest BCUT2D eigenvalue weighted by molar-refractivity contribution is -0.118. The molecule has 0 aliphatic rings. The van der Waals surface area contributed by atoms with E-state index in [0.29, 0.717) is 32.8 Å². The van der Waals surface area contributed by atoms with Gasteiger partial charge < -0.3 is 14.8 Å². The number of nitrogens with one attached hydrogen (secondary N) is 1. The Morgan fingerprint density at radius 1 is 1.22 bits per heavy atom. The number of anilines is 1. The fourth-order valence-corrected chi connectivity index (χ4v) is 2.12. The van der Waals surface area contributed by atoms with E-state index in [0.717, 1.165) is 0 Å². The van der Waals surface area contributed by atoms with Crippen molar-refractivity contribution < 1.29 is 14.3 Å². The first-order valence-corrected chi connectivity index (χ1v) is 7.25. The summed E-state index contributed by atoms with van der Waals surface area (Å²) in [6.45, 7) is -0.245. The molecule has 1 N–H and O–H groups in total. The minimum Gasteiger partial charge on any atom is -0.493 e. The smallest absolute Gasteiger partial charge is 0.262 e. The minimum absolute atomic E-state index is 0.245. The van der Waals surface area contributed by atoms with Gasteiger partial charge in [0.05, 0.1) is 29.5 Å². The SMILES string of the molecule is COc1cc(C#N)ccc1OCC(=O)Nc1cc(Cl)ccc1Cl. The topological polar surface area (TPSA) is 71.3 Å². The Labute approximate surface area is 143 Å². The molecule has 0 radical (unpaired) electrons. The van der Waals surface area contributed by atoms with Crippen LogP contribution in [0.5, 0.6) is 11.5 Å². The van der Waals surface area contributed by atoms with Crippen LogP contribution in [0.25, 0.3) is 0 Å². The van der Waals surface area contributed by atoms with E-state index in [2.05, 4.69) is 5.32 Å². The van der Waals surface area contributed by atoms with Crippen molar-refractivity contribution in [3.63, 3.8) is 0 Å². The van der Waals surface area contributed by atoms with Gasteiger partial charge in [-0.15, -0.1) is 0 Å². The highest BCUT2D eigenvalue weighted by Gasteiger charge is 2.10. The number of carbonyl (C=O) groups excluding carboxylic acids is 1. The van der Waals surface area contributed by atoms with Crippen molar-refractivity contribution in [3.8, 4) is 17.6 Å². The number of methoxy groups -OCH3 is 1. The Bertz CT molecular complexity index is 772. The molecule has 0 atom stereocenters. The number of rotatable bonds is 5. The van der Waals surface area contributed by atoms with E-state index >= 15 is 0 Å². The van der Waals surface area contributed by atoms with Gasteiger partial charge in [0, 0.05) is 11.1 Å². The summed E-state index contributed by atoms with van der Waals surface area (Å²) in [5.74, 6) is 0.331. The van der Waals surface area contributed by atoms with E-state index in [1.54, 1.807) is 30.3 Å². The van der Waals surface area contributed by atoms with Crippen LogP contribution in [-0.2, 0) is 4.79 Å². The van der Waals surface area contributed by atoms with Crippen molar-refractivity contribution in [2.75, 3.05) is 19.0 Å². The van der Waals surface area contributed by atoms with Crippen molar-refractivity contribution in [2.24, 2.45) is 0 Å². The Balaban J connectivity index is 2.02. The number of nitriles is 1. The lowest BCUT2D eigenvalue weighted by atomic mass is 10.2. The summed E-state index contributed by atoms with van der Waals surface area (Å²) < 4.78 is 10.5. The lowest BCUT2D eigenvalue weighted by Gasteiger charge is -2.11. The van der Waals surface area contributed by atoms with E-state index in [4.69, 9.17) is 37.9 Å². The van der Waals surface area contributed by atoms with Gasteiger partial charge in [-0.25, -0.2) is 0 Å². The van der Waals surface area contributed by atoms with Crippen LogP contribution in [0.3, 0.4) is 0 Å². The molecule has 0 spiro atoms. The molecule has 0 fully saturated rings. The molecule has 2 aromatic carbocycles. The second-order valence-electron chi connectivity index (χ2n) is 4.44. The van der Waals surface area contributed by atoms with Gasteiger partial charge >= 0.3 is 0 Å². The van der Waals surface area contributed by atoms with Crippen LogP contribution in [-0.4, -0.2) is 19.6 Å². The molecule has 118 valence electrons. The number of hydrogen-bond acceptors (Lipinski definition) is 4. The van der Waals surface area contributed by atoms with Crippen LogP contribution in [0, 0.1) is 11.3 Å². The minimum atomic E-state index is -0.402. The van der Waals surface area contributed by atoms with Crippen LogP contribution in [0.1, 0.15) is 5.56 Å². The fourth-order valence-electron chi connectivity index (χ4n) is 1.78. The zero-order chi connectivity index (χ0) is 16.8. The highest BCUT2D eigenvalue weighted by Crippen LogP contribution is 2.28. The number of ether oxygens (including phenoxy) is 2. The normalized spacial score (nSPS) is 9.83. The zero-order valence-corrected chi connectivity index (χ0v) is 13.6. The second-order valence-corrected chi connectivity index (χ2v) is 5.28. The molecule has 0 aliphatic carbocycles. The van der Waals surface area contributed by atoms with E-state index in [1.807, 2.05) is 6.07 Å². The number of halogens is 2. The summed E-state index contributed by atoms with van der Waals surface area (Å²) in [6.07, 6.45) is 0. The molecule has 0 aliphatic heterocycles. The number of nitrogens with zero attached hydrogens (tertiary/aromatic N) is 1. The molecule has 0 heterocycles. The maximum atomic E-state index is 11.9. The molecule has 1 amide bonds. The molecule has 0 unspecified atom stereocenters. The third kappa shape index (κ3) is 4.52. The average molecular weight is 351 g/mol. The molecule has 5 nitrogen and oxygen atoms in total. The van der Waals surface area contributed by atoms with Crippen molar-refractivity contribution in [1.29, 1.82) is 5.26 Å². The number of amides is 1. The van der Waals surface area contributed by atoms with Gasteiger partial charge in [0.2, 0.25) is 0 Å². The summed E-state index contributed by atoms with van der Waals surface area (Å²) in [5.41, 5.74) is 0.837. The van der Waals surface area contributed by atoms with Crippen LogP contribution in [0.4, 0.5) is 5.69 Å². The molecule has 2 rings (SSSR count). The molecule has 23 heavy (non-hydrogen) atoms. The second kappa shape index (κ2) is 7.73. The quantitative estimate of drug-likeness (QED) is 0.887. The summed E-state index contributed by atoms with van der Waals surface area (Å²) >= 11 is 11.8. The van der Waals surface area contributed by atoms with E-state index < -0.39 is 5.91 Å². The summed E-state index contributed by atoms with van der Waals surface area (Å²) in [7, 11) is 1.45. The molecule has 0 saturated heterocycles. The first-order chi connectivity index (χ1) is 11.0. The summed E-state index contributed by atoms with van der Waals surface area (Å²) in [6, 6.07) is 11.4. The predicted molar refractivity (Wildman–Crippen MR) is 88.3 cm³/mol. The number of hydrogen-bond donors (Lipinski definition) is 1. The summed E-state index contributed by atoms with van der Waals surface area (Å²) in [5, 5.41) is 12.3. The number of carbonyl (C=O) groups is 1. The monoisotopic (exact) mass is 350 g/mol. The van der Waals surface area contributed by atoms with Gasteiger partial charge in [-0.2, -0.15) is 5.26 Å². The highest BCUT2D eigenvalue weighted by atomic mass is 35.5. The van der Waals surface area contributed by atoms with Gasteiger partial charge in [0.25, 0.3) is 5.91 Å². The lowest BCUT2D eigenvalue weighted by Crippen LogP contribution is -2.20. The van der Waals surface area contributed by atoms with Crippen molar-refractivity contribution >= 4 is 34.8 Å². The van der Waals surface area contributed by atoms with Gasteiger partial charge in [-0.3, -0.25) is 4.79 Å². The Hall–Kier alpha value is -2.42. The maximum absolute atomic E-state index is 11.9. The van der Waals surface area contributed by atoms with Crippen LogP contribution in [0.2, 0.25) is 10.0 Å². The molecule has 0 saturated carbocycles. The average Bonchev–Trinajstić information content (AvgIpc) is 2.56. The Morgan fingerprint density at radius 2 is 2.00 bits per heavy atom. The molecular formula is C16H12Cl2N2O3. The van der Waals surface area contributed by atoms with Gasteiger partial charge in [-0.1, -0.05) is 23.2 Å². The molecule has 2 aromatic rings. The van der Waals surface area contributed by atoms with Gasteiger partial charge in [0.15, 0.2) is 18.1 Å². The molecule has 0 bridgehead atoms. The molecule has 0 aromatic heterocycles. The summed E-state index contributed by atoms with van der Waals surface area (Å²) in [4.78, 5) is 11.9. The standard InChI is InChI=1S/C16H12Cl2N2O3/c1-22-15-6-10(8-19)2-5-14(15)23-9-16(21)20-13-7-11(17)3-4-12(13)18/h2-7H,9H2,1H3,(H,20,21). The third-order valence-corrected chi connectivity index (χ3v) is 3.42. The first-order valence-electron chi connectivity index (χ1n) is 6.49. The number of benzene rings is 2. The Morgan fingerprint density at radius 3 is 2.70 bits per heavy atom. The van der Waals surface area contributed by atoms with Crippen LogP contribution < -0.4 is 14.8 Å². The van der Waals surface area contributed by atoms with Crippen molar-refractivity contribution in [2.45, 2.75) is 0 Å². The largest absolute Gasteiger partial charge is 0.493 e. The van der Waals surface area contributed by atoms with Crippen molar-refractivity contribution in [3.05, 3.63) is 52.0 Å². The Kier molecular flexibility index (Phi) is 5.69. The van der Waals surface area contributed by atoms with Gasteiger partial charge in [-0.05, 0) is 30.3 Å². The highest BCUT2D eigenvalue weighted by molar-refractivity contribution is 6.35.